The van der Waals surface area contributed by atoms with Crippen LogP contribution >= 0.6 is 0 Å². The maximum atomic E-state index is 13.1. The predicted octanol–water partition coefficient (Wildman–Crippen LogP) is 2.76. The molecule has 20 heavy (non-hydrogen) atoms. The highest BCUT2D eigenvalue weighted by atomic mass is 19.2. The third-order valence-electron chi connectivity index (χ3n) is 2.70. The van der Waals surface area contributed by atoms with Gasteiger partial charge in [0.25, 0.3) is 5.91 Å². The van der Waals surface area contributed by atoms with Crippen molar-refractivity contribution in [3.05, 3.63) is 53.2 Å². The number of nitrogens with one attached hydrogen (secondary N) is 1. The van der Waals surface area contributed by atoms with Gasteiger partial charge in [-0.25, -0.2) is 13.8 Å². The van der Waals surface area contributed by atoms with E-state index in [0.29, 0.717) is 17.7 Å². The van der Waals surface area contributed by atoms with Crippen molar-refractivity contribution in [2.75, 3.05) is 11.1 Å². The molecular weight excluding hydrogens is 264 g/mol. The van der Waals surface area contributed by atoms with Gasteiger partial charge in [0.05, 0.1) is 0 Å². The number of aryl methyl sites for hydroxylation is 1. The number of anilines is 2. The normalized spacial score (nSPS) is 10.3. The molecule has 0 atom stereocenters. The van der Waals surface area contributed by atoms with Crippen LogP contribution in [0, 0.1) is 11.6 Å². The minimum atomic E-state index is -1.02. The van der Waals surface area contributed by atoms with Crippen LogP contribution in [-0.2, 0) is 6.42 Å². The van der Waals surface area contributed by atoms with Crippen molar-refractivity contribution in [2.24, 2.45) is 0 Å². The number of pyridine rings is 1. The van der Waals surface area contributed by atoms with Crippen LogP contribution in [0.15, 0.2) is 30.3 Å². The molecule has 3 N–H and O–H groups in total. The lowest BCUT2D eigenvalue weighted by Gasteiger charge is -2.07. The van der Waals surface area contributed by atoms with Crippen molar-refractivity contribution in [2.45, 2.75) is 13.3 Å². The molecule has 0 saturated heterocycles. The second-order valence-corrected chi connectivity index (χ2v) is 4.21. The largest absolute Gasteiger partial charge is 0.384 e. The number of benzene rings is 1. The minimum absolute atomic E-state index is 0.169. The molecule has 0 spiro atoms. The summed E-state index contributed by atoms with van der Waals surface area (Å²) < 4.78 is 25.9. The fraction of sp³-hybridized carbons (Fsp3) is 0.143. The first-order valence-electron chi connectivity index (χ1n) is 6.02. The molecule has 1 heterocycles. The summed E-state index contributed by atoms with van der Waals surface area (Å²) in [6, 6.07) is 6.17. The number of hydrogen-bond donors (Lipinski definition) is 2. The quantitative estimate of drug-likeness (QED) is 0.906. The first-order chi connectivity index (χ1) is 9.49. The standard InChI is InChI=1S/C14H13F2N3O/c1-2-9-5-8(6-13(17)18-9)14(20)19-10-3-4-11(15)12(16)7-10/h3-7H,2H2,1H3,(H2,17,18)(H,19,20). The third-order valence-corrected chi connectivity index (χ3v) is 2.70. The molecule has 0 aliphatic carbocycles. The van der Waals surface area contributed by atoms with E-state index in [1.165, 1.54) is 12.1 Å². The number of nitrogens with two attached hydrogens (primary N) is 1. The van der Waals surface area contributed by atoms with Gasteiger partial charge in [0.2, 0.25) is 0 Å². The molecule has 0 radical (unpaired) electrons. The SMILES string of the molecule is CCc1cc(C(=O)Nc2ccc(F)c(F)c2)cc(N)n1. The van der Waals surface area contributed by atoms with Gasteiger partial charge in [-0.05, 0) is 30.7 Å². The molecule has 0 saturated carbocycles. The van der Waals surface area contributed by atoms with Crippen molar-refractivity contribution >= 4 is 17.4 Å². The number of hydrogen-bond acceptors (Lipinski definition) is 3. The molecule has 1 amide bonds. The average Bonchev–Trinajstić information content (AvgIpc) is 2.42. The van der Waals surface area contributed by atoms with Gasteiger partial charge in [0.15, 0.2) is 11.6 Å². The summed E-state index contributed by atoms with van der Waals surface area (Å²) in [5.41, 5.74) is 6.78. The molecule has 0 aliphatic heterocycles. The van der Waals surface area contributed by atoms with Crippen LogP contribution in [0.25, 0.3) is 0 Å². The van der Waals surface area contributed by atoms with Gasteiger partial charge in [0.1, 0.15) is 5.82 Å². The van der Waals surface area contributed by atoms with E-state index >= 15 is 0 Å². The van der Waals surface area contributed by atoms with E-state index in [-0.39, 0.29) is 11.5 Å². The lowest BCUT2D eigenvalue weighted by Crippen LogP contribution is -2.13. The Morgan fingerprint density at radius 2 is 2.00 bits per heavy atom. The summed E-state index contributed by atoms with van der Waals surface area (Å²) in [4.78, 5) is 16.1. The van der Waals surface area contributed by atoms with Crippen molar-refractivity contribution in [3.63, 3.8) is 0 Å². The molecule has 0 bridgehead atoms. The number of nitrogen functional groups attached to an aromatic ring is 1. The Morgan fingerprint density at radius 3 is 2.65 bits per heavy atom. The molecule has 1 aromatic carbocycles. The van der Waals surface area contributed by atoms with Crippen LogP contribution in [0.1, 0.15) is 23.0 Å². The number of halogens is 2. The fourth-order valence-corrected chi connectivity index (χ4v) is 1.70. The molecule has 4 nitrogen and oxygen atoms in total. The molecule has 6 heteroatoms. The van der Waals surface area contributed by atoms with Gasteiger partial charge in [-0.1, -0.05) is 6.92 Å². The summed E-state index contributed by atoms with van der Waals surface area (Å²) in [6.07, 6.45) is 0.635. The summed E-state index contributed by atoms with van der Waals surface area (Å²) in [5, 5.41) is 2.48. The van der Waals surface area contributed by atoms with E-state index in [2.05, 4.69) is 10.3 Å². The van der Waals surface area contributed by atoms with E-state index in [0.717, 1.165) is 12.1 Å². The molecule has 104 valence electrons. The molecular formula is C14H13F2N3O. The second-order valence-electron chi connectivity index (χ2n) is 4.21. The van der Waals surface area contributed by atoms with Crippen molar-refractivity contribution in [1.29, 1.82) is 0 Å². The number of nitrogens with zero attached hydrogens (tertiary/aromatic N) is 1. The Bertz CT molecular complexity index is 659. The Labute approximate surface area is 114 Å². The number of amides is 1. The molecule has 2 rings (SSSR count). The molecule has 2 aromatic rings. The Balaban J connectivity index is 2.23. The number of carbonyl (C=O) groups is 1. The predicted molar refractivity (Wildman–Crippen MR) is 72.3 cm³/mol. The lowest BCUT2D eigenvalue weighted by atomic mass is 10.1. The van der Waals surface area contributed by atoms with E-state index in [1.807, 2.05) is 6.92 Å². The minimum Gasteiger partial charge on any atom is -0.384 e. The smallest absolute Gasteiger partial charge is 0.255 e. The molecule has 0 unspecified atom stereocenters. The van der Waals surface area contributed by atoms with Crippen molar-refractivity contribution in [3.8, 4) is 0 Å². The van der Waals surface area contributed by atoms with Gasteiger partial charge in [-0.2, -0.15) is 0 Å². The zero-order valence-corrected chi connectivity index (χ0v) is 10.8. The fourth-order valence-electron chi connectivity index (χ4n) is 1.70. The van der Waals surface area contributed by atoms with Gasteiger partial charge in [-0.3, -0.25) is 4.79 Å². The first-order valence-corrected chi connectivity index (χ1v) is 6.02. The number of rotatable bonds is 3. The highest BCUT2D eigenvalue weighted by Gasteiger charge is 2.10. The van der Waals surface area contributed by atoms with E-state index < -0.39 is 17.5 Å². The van der Waals surface area contributed by atoms with Crippen LogP contribution in [0.5, 0.6) is 0 Å². The van der Waals surface area contributed by atoms with Crippen LogP contribution in [0.4, 0.5) is 20.3 Å². The maximum absolute atomic E-state index is 13.1. The van der Waals surface area contributed by atoms with Gasteiger partial charge < -0.3 is 11.1 Å². The molecule has 0 fully saturated rings. The Morgan fingerprint density at radius 1 is 1.25 bits per heavy atom. The maximum Gasteiger partial charge on any atom is 0.255 e. The first kappa shape index (κ1) is 13.9. The van der Waals surface area contributed by atoms with Crippen molar-refractivity contribution in [1.82, 2.24) is 4.98 Å². The summed E-state index contributed by atoms with van der Waals surface area (Å²) in [6.45, 7) is 1.89. The topological polar surface area (TPSA) is 68.0 Å². The third kappa shape index (κ3) is 3.09. The van der Waals surface area contributed by atoms with Crippen LogP contribution in [0.2, 0.25) is 0 Å². The van der Waals surface area contributed by atoms with Crippen LogP contribution in [-0.4, -0.2) is 10.9 Å². The molecule has 0 aliphatic rings. The Hall–Kier alpha value is -2.50. The van der Waals surface area contributed by atoms with Crippen LogP contribution in [0.3, 0.4) is 0 Å². The highest BCUT2D eigenvalue weighted by molar-refractivity contribution is 6.04. The van der Waals surface area contributed by atoms with Gasteiger partial charge in [0, 0.05) is 23.0 Å². The second kappa shape index (κ2) is 5.64. The zero-order valence-electron chi connectivity index (χ0n) is 10.8. The Kier molecular flexibility index (Phi) is 3.93. The van der Waals surface area contributed by atoms with Crippen molar-refractivity contribution < 1.29 is 13.6 Å². The van der Waals surface area contributed by atoms with Crippen LogP contribution < -0.4 is 11.1 Å². The van der Waals surface area contributed by atoms with Gasteiger partial charge >= 0.3 is 0 Å². The van der Waals surface area contributed by atoms with E-state index in [1.54, 1.807) is 6.07 Å². The average molecular weight is 277 g/mol. The number of aromatic nitrogens is 1. The monoisotopic (exact) mass is 277 g/mol. The summed E-state index contributed by atoms with van der Waals surface area (Å²) in [7, 11) is 0. The molecule has 1 aromatic heterocycles. The summed E-state index contributed by atoms with van der Waals surface area (Å²) >= 11 is 0. The highest BCUT2D eigenvalue weighted by Crippen LogP contribution is 2.15. The zero-order chi connectivity index (χ0) is 14.7. The lowest BCUT2D eigenvalue weighted by molar-refractivity contribution is 0.102. The summed E-state index contributed by atoms with van der Waals surface area (Å²) in [5.74, 6) is -2.21. The number of carbonyl (C=O) groups excluding carboxylic acids is 1. The van der Waals surface area contributed by atoms with E-state index in [9.17, 15) is 13.6 Å². The van der Waals surface area contributed by atoms with E-state index in [4.69, 9.17) is 5.73 Å². The van der Waals surface area contributed by atoms with Gasteiger partial charge in [-0.15, -0.1) is 0 Å².